The Hall–Kier alpha value is -3.03. The van der Waals surface area contributed by atoms with Crippen molar-refractivity contribution in [2.45, 2.75) is 94.3 Å². The van der Waals surface area contributed by atoms with Crippen molar-refractivity contribution in [2.75, 3.05) is 6.61 Å². The third kappa shape index (κ3) is 9.28. The maximum atomic E-state index is 14.2. The summed E-state index contributed by atoms with van der Waals surface area (Å²) in [6.07, 6.45) is -27.4. The zero-order chi connectivity index (χ0) is 35.2. The zero-order valence-electron chi connectivity index (χ0n) is 23.4. The minimum atomic E-state index is -7.92. The van der Waals surface area contributed by atoms with Gasteiger partial charge in [0.05, 0.1) is 0 Å². The standard InChI is InChI=1S/C26H25F15N2O3/c1-2-3-4-5-6-7-9-16-14-17(19-42-12-8-13-43-19)10-11-18(16)44-15-20(27,28)45-25(38,39)26(40,41)46-24(36,37)22(31,32)21(29,30)23(33,34)35/h8,10-14H,2-7,9,15H2,1H3. The summed E-state index contributed by atoms with van der Waals surface area (Å²) in [7, 11) is 0. The van der Waals surface area contributed by atoms with Crippen molar-refractivity contribution in [3.63, 3.8) is 0 Å². The smallest absolute Gasteiger partial charge is 0.460 e. The fraction of sp³-hybridized carbons (Fsp3) is 0.615. The van der Waals surface area contributed by atoms with E-state index in [9.17, 15) is 65.9 Å². The number of alkyl halides is 15. The number of nitrogens with zero attached hydrogens (tertiary/aromatic N) is 2. The number of hydrogen-bond acceptors (Lipinski definition) is 5. The molecule has 2 rings (SSSR count). The zero-order valence-corrected chi connectivity index (χ0v) is 23.4. The highest BCUT2D eigenvalue weighted by molar-refractivity contribution is 5.58. The van der Waals surface area contributed by atoms with Crippen molar-refractivity contribution in [1.29, 1.82) is 0 Å². The van der Waals surface area contributed by atoms with Crippen LogP contribution in [0.2, 0.25) is 0 Å². The molecule has 1 aromatic carbocycles. The lowest BCUT2D eigenvalue weighted by Crippen LogP contribution is -2.64. The molecule has 0 unspecified atom stereocenters. The number of ether oxygens (including phenoxy) is 3. The van der Waals surface area contributed by atoms with Gasteiger partial charge in [-0.1, -0.05) is 39.0 Å². The molecule has 0 saturated heterocycles. The largest absolute Gasteiger partial charge is 0.484 e. The molecule has 0 N–H and O–H groups in total. The summed E-state index contributed by atoms with van der Waals surface area (Å²) in [6, 6.07) is 5.21. The van der Waals surface area contributed by atoms with Crippen molar-refractivity contribution in [1.82, 2.24) is 9.97 Å². The minimum Gasteiger partial charge on any atom is -0.484 e. The van der Waals surface area contributed by atoms with E-state index in [2.05, 4.69) is 14.7 Å². The van der Waals surface area contributed by atoms with E-state index in [1.165, 1.54) is 30.6 Å². The molecule has 46 heavy (non-hydrogen) atoms. The molecule has 0 saturated carbocycles. The predicted octanol–water partition coefficient (Wildman–Crippen LogP) is 9.66. The second-order valence-corrected chi connectivity index (χ2v) is 9.74. The summed E-state index contributed by atoms with van der Waals surface area (Å²) in [5.41, 5.74) is 0.540. The Morgan fingerprint density at radius 3 is 1.74 bits per heavy atom. The van der Waals surface area contributed by atoms with Crippen LogP contribution < -0.4 is 4.74 Å². The highest BCUT2D eigenvalue weighted by Crippen LogP contribution is 2.56. The van der Waals surface area contributed by atoms with Gasteiger partial charge in [0.2, 0.25) is 0 Å². The van der Waals surface area contributed by atoms with E-state index in [4.69, 9.17) is 4.74 Å². The van der Waals surface area contributed by atoms with Gasteiger partial charge in [0, 0.05) is 18.0 Å². The van der Waals surface area contributed by atoms with Crippen molar-refractivity contribution in [2.24, 2.45) is 0 Å². The van der Waals surface area contributed by atoms with E-state index in [1.54, 1.807) is 4.74 Å². The second-order valence-electron chi connectivity index (χ2n) is 9.74. The first-order chi connectivity index (χ1) is 20.9. The van der Waals surface area contributed by atoms with Crippen LogP contribution in [-0.2, 0) is 15.9 Å². The van der Waals surface area contributed by atoms with Gasteiger partial charge in [0.15, 0.2) is 12.4 Å². The Labute approximate surface area is 251 Å². The molecule has 0 aliphatic carbocycles. The third-order valence-electron chi connectivity index (χ3n) is 6.07. The molecule has 0 atom stereocenters. The number of hydrogen-bond donors (Lipinski definition) is 0. The van der Waals surface area contributed by atoms with Crippen molar-refractivity contribution < 1.29 is 80.1 Å². The minimum absolute atomic E-state index is 0.155. The lowest BCUT2D eigenvalue weighted by Gasteiger charge is -2.36. The monoisotopic (exact) mass is 698 g/mol. The average Bonchev–Trinajstić information content (AvgIpc) is 2.92. The molecular formula is C26H25F15N2O3. The van der Waals surface area contributed by atoms with Gasteiger partial charge in [0.25, 0.3) is 0 Å². The quantitative estimate of drug-likeness (QED) is 0.115. The Bertz CT molecular complexity index is 1260. The molecule has 0 aliphatic rings. The third-order valence-corrected chi connectivity index (χ3v) is 6.07. The number of aryl methyl sites for hydroxylation is 1. The maximum absolute atomic E-state index is 14.2. The highest BCUT2D eigenvalue weighted by atomic mass is 19.4. The van der Waals surface area contributed by atoms with Crippen molar-refractivity contribution in [3.05, 3.63) is 42.2 Å². The fourth-order valence-electron chi connectivity index (χ4n) is 3.68. The van der Waals surface area contributed by atoms with Crippen molar-refractivity contribution >= 4 is 0 Å². The summed E-state index contributed by atoms with van der Waals surface area (Å²) in [4.78, 5) is 8.02. The van der Waals surface area contributed by atoms with Crippen LogP contribution in [-0.4, -0.2) is 59.0 Å². The van der Waals surface area contributed by atoms with Gasteiger partial charge in [0.1, 0.15) is 5.75 Å². The predicted molar refractivity (Wildman–Crippen MR) is 128 cm³/mol. The van der Waals surface area contributed by atoms with E-state index in [1.807, 2.05) is 6.92 Å². The Morgan fingerprint density at radius 1 is 0.630 bits per heavy atom. The molecule has 5 nitrogen and oxygen atoms in total. The highest BCUT2D eigenvalue weighted by Gasteiger charge is 2.85. The molecule has 0 spiro atoms. The Kier molecular flexibility index (Phi) is 12.2. The van der Waals surface area contributed by atoms with E-state index in [-0.39, 0.29) is 17.8 Å². The average molecular weight is 698 g/mol. The van der Waals surface area contributed by atoms with Crippen LogP contribution in [0.15, 0.2) is 36.7 Å². The van der Waals surface area contributed by atoms with Crippen molar-refractivity contribution in [3.8, 4) is 17.1 Å². The van der Waals surface area contributed by atoms with Gasteiger partial charge in [-0.15, -0.1) is 0 Å². The molecule has 0 radical (unpaired) electrons. The summed E-state index contributed by atoms with van der Waals surface area (Å²) in [5, 5.41) is 0. The number of unbranched alkanes of at least 4 members (excludes halogenated alkanes) is 5. The van der Waals surface area contributed by atoms with Crippen LogP contribution in [0, 0.1) is 0 Å². The SMILES string of the molecule is CCCCCCCCc1cc(-c2ncccn2)ccc1OCC(F)(F)OC(F)(F)C(F)(F)OC(F)(F)C(F)(F)C(F)(F)C(F)(F)F. The lowest BCUT2D eigenvalue weighted by molar-refractivity contribution is -0.542. The van der Waals surface area contributed by atoms with Crippen LogP contribution in [0.5, 0.6) is 5.75 Å². The van der Waals surface area contributed by atoms with E-state index in [0.29, 0.717) is 18.4 Å². The molecule has 0 fully saturated rings. The van der Waals surface area contributed by atoms with Gasteiger partial charge < -0.3 is 4.74 Å². The van der Waals surface area contributed by atoms with Crippen LogP contribution >= 0.6 is 0 Å². The van der Waals surface area contributed by atoms with Gasteiger partial charge in [-0.05, 0) is 42.7 Å². The lowest BCUT2D eigenvalue weighted by atomic mass is 10.0. The second kappa shape index (κ2) is 14.4. The van der Waals surface area contributed by atoms with Gasteiger partial charge in [-0.3, -0.25) is 0 Å². The topological polar surface area (TPSA) is 53.5 Å². The summed E-state index contributed by atoms with van der Waals surface area (Å²) in [5.74, 6) is -16.0. The fourth-order valence-corrected chi connectivity index (χ4v) is 3.68. The molecule has 20 heteroatoms. The van der Waals surface area contributed by atoms with E-state index >= 15 is 0 Å². The first kappa shape index (κ1) is 39.1. The number of rotatable bonds is 18. The van der Waals surface area contributed by atoms with Gasteiger partial charge in [-0.25, -0.2) is 19.4 Å². The van der Waals surface area contributed by atoms with E-state index in [0.717, 1.165) is 31.7 Å². The molecule has 2 aromatic rings. The summed E-state index contributed by atoms with van der Waals surface area (Å²) in [6.45, 7) is -0.347. The first-order valence-electron chi connectivity index (χ1n) is 13.2. The number of benzene rings is 1. The molecular weight excluding hydrogens is 673 g/mol. The number of halogens is 15. The molecule has 1 heterocycles. The van der Waals surface area contributed by atoms with E-state index < -0.39 is 54.8 Å². The number of aromatic nitrogens is 2. The Morgan fingerprint density at radius 2 is 1.17 bits per heavy atom. The van der Waals surface area contributed by atoms with Crippen LogP contribution in [0.3, 0.4) is 0 Å². The first-order valence-corrected chi connectivity index (χ1v) is 13.2. The molecule has 1 aromatic heterocycles. The van der Waals surface area contributed by atoms with Crippen LogP contribution in [0.4, 0.5) is 65.9 Å². The Balaban J connectivity index is 2.23. The normalized spacial score (nSPS) is 14.1. The van der Waals surface area contributed by atoms with Gasteiger partial charge in [-0.2, -0.15) is 65.9 Å². The molecule has 0 amide bonds. The molecule has 0 aliphatic heterocycles. The molecule has 262 valence electrons. The molecule has 0 bridgehead atoms. The van der Waals surface area contributed by atoms with Gasteiger partial charge >= 0.3 is 42.5 Å². The van der Waals surface area contributed by atoms with Crippen LogP contribution in [0.1, 0.15) is 51.0 Å². The summed E-state index contributed by atoms with van der Waals surface area (Å²) >= 11 is 0. The summed E-state index contributed by atoms with van der Waals surface area (Å²) < 4.78 is 208. The maximum Gasteiger partial charge on any atom is 0.460 e. The van der Waals surface area contributed by atoms with Crippen LogP contribution in [0.25, 0.3) is 11.4 Å².